The van der Waals surface area contributed by atoms with Gasteiger partial charge in [0.15, 0.2) is 11.6 Å². The van der Waals surface area contributed by atoms with E-state index in [0.29, 0.717) is 25.3 Å². The fourth-order valence-electron chi connectivity index (χ4n) is 1.87. The molecule has 0 aromatic heterocycles. The van der Waals surface area contributed by atoms with E-state index in [1.807, 2.05) is 31.2 Å². The van der Waals surface area contributed by atoms with E-state index in [1.165, 1.54) is 6.07 Å². The fraction of sp³-hybridized carbons (Fsp3) is 0.250. The maximum atomic E-state index is 13.1. The van der Waals surface area contributed by atoms with E-state index in [2.05, 4.69) is 5.32 Å². The largest absolute Gasteiger partial charge is 0.505 e. The predicted octanol–water partition coefficient (Wildman–Crippen LogP) is 3.01. The van der Waals surface area contributed by atoms with Gasteiger partial charge in [0.1, 0.15) is 12.4 Å². The smallest absolute Gasteiger partial charge is 0.165 e. The normalized spacial score (nSPS) is 10.5. The average molecular weight is 275 g/mol. The van der Waals surface area contributed by atoms with Crippen molar-refractivity contribution >= 4 is 0 Å². The molecule has 2 aromatic rings. The minimum Gasteiger partial charge on any atom is -0.505 e. The predicted molar refractivity (Wildman–Crippen MR) is 76.4 cm³/mol. The molecule has 2 N–H and O–H groups in total. The molecule has 0 amide bonds. The fourth-order valence-corrected chi connectivity index (χ4v) is 1.87. The van der Waals surface area contributed by atoms with Gasteiger partial charge in [0.2, 0.25) is 0 Å². The number of benzene rings is 2. The van der Waals surface area contributed by atoms with Crippen molar-refractivity contribution in [2.75, 3.05) is 13.2 Å². The SMILES string of the molecule is Cc1cccc(OCCNCc2cccc(F)c2O)c1. The van der Waals surface area contributed by atoms with Crippen LogP contribution in [0.2, 0.25) is 0 Å². The second-order valence-electron chi connectivity index (χ2n) is 4.59. The van der Waals surface area contributed by atoms with Crippen LogP contribution in [0.3, 0.4) is 0 Å². The lowest BCUT2D eigenvalue weighted by Gasteiger charge is -2.09. The topological polar surface area (TPSA) is 41.5 Å². The lowest BCUT2D eigenvalue weighted by atomic mass is 10.2. The van der Waals surface area contributed by atoms with Gasteiger partial charge in [0, 0.05) is 18.7 Å². The number of nitrogens with one attached hydrogen (secondary N) is 1. The highest BCUT2D eigenvalue weighted by Gasteiger charge is 2.05. The second kappa shape index (κ2) is 6.91. The molecular weight excluding hydrogens is 257 g/mol. The van der Waals surface area contributed by atoms with Gasteiger partial charge in [-0.25, -0.2) is 4.39 Å². The van der Waals surface area contributed by atoms with E-state index < -0.39 is 5.82 Å². The summed E-state index contributed by atoms with van der Waals surface area (Å²) in [5, 5.41) is 12.6. The zero-order chi connectivity index (χ0) is 14.4. The highest BCUT2D eigenvalue weighted by atomic mass is 19.1. The highest BCUT2D eigenvalue weighted by molar-refractivity contribution is 5.33. The number of aromatic hydroxyl groups is 1. The van der Waals surface area contributed by atoms with E-state index in [9.17, 15) is 9.50 Å². The lowest BCUT2D eigenvalue weighted by Crippen LogP contribution is -2.20. The van der Waals surface area contributed by atoms with Crippen LogP contribution in [-0.4, -0.2) is 18.3 Å². The first-order valence-electron chi connectivity index (χ1n) is 6.53. The minimum atomic E-state index is -0.597. The number of hydrogen-bond donors (Lipinski definition) is 2. The molecule has 2 aromatic carbocycles. The third-order valence-corrected chi connectivity index (χ3v) is 2.92. The van der Waals surface area contributed by atoms with Crippen molar-refractivity contribution in [3.05, 3.63) is 59.4 Å². The molecule has 0 heterocycles. The van der Waals surface area contributed by atoms with Crippen LogP contribution in [0.25, 0.3) is 0 Å². The summed E-state index contributed by atoms with van der Waals surface area (Å²) in [6, 6.07) is 12.3. The molecule has 20 heavy (non-hydrogen) atoms. The molecule has 0 aliphatic heterocycles. The molecule has 0 saturated heterocycles. The van der Waals surface area contributed by atoms with E-state index in [0.717, 1.165) is 11.3 Å². The summed E-state index contributed by atoms with van der Waals surface area (Å²) in [5.41, 5.74) is 1.70. The van der Waals surface area contributed by atoms with Crippen molar-refractivity contribution in [3.63, 3.8) is 0 Å². The monoisotopic (exact) mass is 275 g/mol. The Hall–Kier alpha value is -2.07. The summed E-state index contributed by atoms with van der Waals surface area (Å²) < 4.78 is 18.7. The molecule has 0 fully saturated rings. The van der Waals surface area contributed by atoms with Crippen LogP contribution in [0.5, 0.6) is 11.5 Å². The maximum Gasteiger partial charge on any atom is 0.165 e. The van der Waals surface area contributed by atoms with Gasteiger partial charge in [-0.2, -0.15) is 0 Å². The standard InChI is InChI=1S/C16H18FNO2/c1-12-4-2-6-14(10-12)20-9-8-18-11-13-5-3-7-15(17)16(13)19/h2-7,10,18-19H,8-9,11H2,1H3. The first-order chi connectivity index (χ1) is 9.66. The number of aryl methyl sites for hydroxylation is 1. The molecule has 4 heteroatoms. The Labute approximate surface area is 118 Å². The van der Waals surface area contributed by atoms with Crippen molar-refractivity contribution < 1.29 is 14.2 Å². The first-order valence-corrected chi connectivity index (χ1v) is 6.53. The van der Waals surface area contributed by atoms with Crippen molar-refractivity contribution in [1.82, 2.24) is 5.32 Å². The maximum absolute atomic E-state index is 13.1. The molecule has 106 valence electrons. The minimum absolute atomic E-state index is 0.292. The van der Waals surface area contributed by atoms with Gasteiger partial charge < -0.3 is 15.2 Å². The Morgan fingerprint density at radius 1 is 1.20 bits per heavy atom. The van der Waals surface area contributed by atoms with E-state index >= 15 is 0 Å². The van der Waals surface area contributed by atoms with Gasteiger partial charge in [0.25, 0.3) is 0 Å². The summed E-state index contributed by atoms with van der Waals surface area (Å²) in [6.45, 7) is 3.54. The average Bonchev–Trinajstić information content (AvgIpc) is 2.43. The molecule has 0 bridgehead atoms. The van der Waals surface area contributed by atoms with Gasteiger partial charge in [0.05, 0.1) is 0 Å². The van der Waals surface area contributed by atoms with Crippen LogP contribution in [0, 0.1) is 12.7 Å². The molecule has 3 nitrogen and oxygen atoms in total. The number of phenols is 1. The molecule has 0 spiro atoms. The second-order valence-corrected chi connectivity index (χ2v) is 4.59. The van der Waals surface area contributed by atoms with Crippen LogP contribution in [0.4, 0.5) is 4.39 Å². The van der Waals surface area contributed by atoms with Gasteiger partial charge in [-0.1, -0.05) is 24.3 Å². The van der Waals surface area contributed by atoms with Crippen molar-refractivity contribution in [2.45, 2.75) is 13.5 Å². The number of phenolic OH excluding ortho intramolecular Hbond substituents is 1. The molecular formula is C16H18FNO2. The van der Waals surface area contributed by atoms with Crippen molar-refractivity contribution in [2.24, 2.45) is 0 Å². The van der Waals surface area contributed by atoms with E-state index in [4.69, 9.17) is 4.74 Å². The zero-order valence-corrected chi connectivity index (χ0v) is 11.4. The van der Waals surface area contributed by atoms with Gasteiger partial charge in [-0.05, 0) is 30.7 Å². The number of hydrogen-bond acceptors (Lipinski definition) is 3. The Balaban J connectivity index is 1.73. The van der Waals surface area contributed by atoms with E-state index in [-0.39, 0.29) is 5.75 Å². The third kappa shape index (κ3) is 3.96. The van der Waals surface area contributed by atoms with Crippen LogP contribution >= 0.6 is 0 Å². The summed E-state index contributed by atoms with van der Waals surface area (Å²) in [7, 11) is 0. The summed E-state index contributed by atoms with van der Waals surface area (Å²) >= 11 is 0. The van der Waals surface area contributed by atoms with Crippen LogP contribution < -0.4 is 10.1 Å². The zero-order valence-electron chi connectivity index (χ0n) is 11.4. The summed E-state index contributed by atoms with van der Waals surface area (Å²) in [6.07, 6.45) is 0. The number of rotatable bonds is 6. The van der Waals surface area contributed by atoms with Crippen molar-refractivity contribution in [1.29, 1.82) is 0 Å². The number of halogens is 1. The van der Waals surface area contributed by atoms with Gasteiger partial charge in [-0.15, -0.1) is 0 Å². The quantitative estimate of drug-likeness (QED) is 0.796. The first kappa shape index (κ1) is 14.3. The van der Waals surface area contributed by atoms with Gasteiger partial charge in [-0.3, -0.25) is 0 Å². The molecule has 0 saturated carbocycles. The van der Waals surface area contributed by atoms with Crippen LogP contribution in [0.1, 0.15) is 11.1 Å². The molecule has 0 unspecified atom stereocenters. The van der Waals surface area contributed by atoms with Crippen LogP contribution in [-0.2, 0) is 6.54 Å². The highest BCUT2D eigenvalue weighted by Crippen LogP contribution is 2.20. The third-order valence-electron chi connectivity index (χ3n) is 2.92. The number of para-hydroxylation sites is 1. The molecule has 2 rings (SSSR count). The Kier molecular flexibility index (Phi) is 4.96. The van der Waals surface area contributed by atoms with Gasteiger partial charge >= 0.3 is 0 Å². The lowest BCUT2D eigenvalue weighted by molar-refractivity contribution is 0.313. The number of ether oxygens (including phenoxy) is 1. The summed E-state index contributed by atoms with van der Waals surface area (Å²) in [5.74, 6) is -0.0553. The molecule has 0 aliphatic carbocycles. The summed E-state index contributed by atoms with van der Waals surface area (Å²) in [4.78, 5) is 0. The molecule has 0 aliphatic rings. The molecule has 0 radical (unpaired) electrons. The Morgan fingerprint density at radius 2 is 2.00 bits per heavy atom. The van der Waals surface area contributed by atoms with E-state index in [1.54, 1.807) is 12.1 Å². The van der Waals surface area contributed by atoms with Crippen molar-refractivity contribution in [3.8, 4) is 11.5 Å². The molecule has 0 atom stereocenters. The Morgan fingerprint density at radius 3 is 2.80 bits per heavy atom. The Bertz CT molecular complexity index is 572. The van der Waals surface area contributed by atoms with Crippen LogP contribution in [0.15, 0.2) is 42.5 Å².